The summed E-state index contributed by atoms with van der Waals surface area (Å²) in [7, 11) is -2.17. The van der Waals surface area contributed by atoms with E-state index in [9.17, 15) is 28.0 Å². The van der Waals surface area contributed by atoms with E-state index in [1.807, 2.05) is 0 Å². The quantitative estimate of drug-likeness (QED) is 0.398. The molecule has 2 aromatic carbocycles. The average Bonchev–Trinajstić information content (AvgIpc) is 2.52. The number of ketones is 1. The Morgan fingerprint density at radius 1 is 0.960 bits per heavy atom. The van der Waals surface area contributed by atoms with Crippen LogP contribution in [-0.2, 0) is 10.1 Å². The summed E-state index contributed by atoms with van der Waals surface area (Å²) in [6, 6.07) is 5.52. The van der Waals surface area contributed by atoms with Crippen molar-refractivity contribution in [1.82, 2.24) is 0 Å². The molecule has 25 heavy (non-hydrogen) atoms. The number of ether oxygens (including phenoxy) is 2. The van der Waals surface area contributed by atoms with Gasteiger partial charge in [0.15, 0.2) is 0 Å². The first-order chi connectivity index (χ1) is 11.2. The molecular weight excluding hydrogens is 363 g/mol. The molecule has 0 heterocycles. The number of carbonyl (C=O) groups is 1. The number of hydrogen-bond acceptors (Lipinski definition) is 7. The summed E-state index contributed by atoms with van der Waals surface area (Å²) in [5.74, 6) is -1.85. The van der Waals surface area contributed by atoms with Gasteiger partial charge in [0.2, 0.25) is 5.78 Å². The van der Waals surface area contributed by atoms with Crippen LogP contribution in [0.15, 0.2) is 35.2 Å². The standard InChI is InChI=1S/C15H14O8S.Na.H/c1-22-8-3-4-9(11(16)5-8)15(18)10-6-14(24(19,20)21)13(23-2)7-12(10)17;;/h3-7,16-17H,1-2H3,(H,19,20,21);;. The molecule has 0 aliphatic heterocycles. The SMILES string of the molecule is COc1ccc(C(=O)c2cc(S(=O)(=O)O)c(OC)cc2O)c(O)c1.[NaH]. The van der Waals surface area contributed by atoms with Crippen molar-refractivity contribution < 1.29 is 37.5 Å². The van der Waals surface area contributed by atoms with Crippen LogP contribution in [0.1, 0.15) is 15.9 Å². The van der Waals surface area contributed by atoms with E-state index in [-0.39, 0.29) is 40.9 Å². The van der Waals surface area contributed by atoms with Gasteiger partial charge in [0.25, 0.3) is 10.1 Å². The van der Waals surface area contributed by atoms with Crippen molar-refractivity contribution in [3.8, 4) is 23.0 Å². The topological polar surface area (TPSA) is 130 Å². The first kappa shape index (κ1) is 21.3. The molecule has 130 valence electrons. The third-order valence-electron chi connectivity index (χ3n) is 3.25. The van der Waals surface area contributed by atoms with Crippen molar-refractivity contribution in [1.29, 1.82) is 0 Å². The van der Waals surface area contributed by atoms with Gasteiger partial charge in [-0.15, -0.1) is 0 Å². The van der Waals surface area contributed by atoms with E-state index in [1.165, 1.54) is 25.3 Å². The zero-order chi connectivity index (χ0) is 18.1. The van der Waals surface area contributed by atoms with Crippen LogP contribution in [0.2, 0.25) is 0 Å². The molecule has 0 atom stereocenters. The Kier molecular flexibility index (Phi) is 6.86. The van der Waals surface area contributed by atoms with Gasteiger partial charge >= 0.3 is 29.6 Å². The zero-order valence-electron chi connectivity index (χ0n) is 12.7. The number of phenols is 2. The molecule has 0 fully saturated rings. The predicted molar refractivity (Wildman–Crippen MR) is 89.7 cm³/mol. The Hall–Kier alpha value is -1.78. The molecule has 0 saturated carbocycles. The summed E-state index contributed by atoms with van der Waals surface area (Å²) >= 11 is 0. The molecule has 0 spiro atoms. The van der Waals surface area contributed by atoms with E-state index < -0.39 is 37.9 Å². The van der Waals surface area contributed by atoms with Crippen LogP contribution < -0.4 is 9.47 Å². The third-order valence-corrected chi connectivity index (χ3v) is 4.13. The Morgan fingerprint density at radius 3 is 2.04 bits per heavy atom. The molecule has 8 nitrogen and oxygen atoms in total. The summed E-state index contributed by atoms with van der Waals surface area (Å²) in [6.45, 7) is 0. The molecule has 10 heteroatoms. The van der Waals surface area contributed by atoms with Gasteiger partial charge in [-0.2, -0.15) is 8.42 Å². The van der Waals surface area contributed by atoms with Gasteiger partial charge in [0, 0.05) is 12.1 Å². The fourth-order valence-corrected chi connectivity index (χ4v) is 2.73. The van der Waals surface area contributed by atoms with Gasteiger partial charge in [-0.05, 0) is 18.2 Å². The van der Waals surface area contributed by atoms with Crippen molar-refractivity contribution in [2.45, 2.75) is 4.90 Å². The number of methoxy groups -OCH3 is 2. The van der Waals surface area contributed by atoms with Crippen molar-refractivity contribution in [3.63, 3.8) is 0 Å². The number of phenolic OH excluding ortho intramolecular Hbond substituents is 2. The van der Waals surface area contributed by atoms with Crippen LogP contribution in [0.4, 0.5) is 0 Å². The second-order valence-electron chi connectivity index (χ2n) is 4.71. The number of carbonyl (C=O) groups excluding carboxylic acids is 1. The first-order valence-electron chi connectivity index (χ1n) is 6.49. The number of aromatic hydroxyl groups is 2. The third kappa shape index (κ3) is 4.44. The Bertz CT molecular complexity index is 908. The van der Waals surface area contributed by atoms with E-state index in [2.05, 4.69) is 0 Å². The molecule has 0 saturated heterocycles. The van der Waals surface area contributed by atoms with Crippen LogP contribution >= 0.6 is 0 Å². The van der Waals surface area contributed by atoms with Crippen LogP contribution in [0.3, 0.4) is 0 Å². The van der Waals surface area contributed by atoms with Crippen molar-refractivity contribution in [2.24, 2.45) is 0 Å². The Balaban J connectivity index is 0.00000312. The van der Waals surface area contributed by atoms with E-state index in [0.717, 1.165) is 19.2 Å². The molecule has 0 radical (unpaired) electrons. The van der Waals surface area contributed by atoms with Crippen molar-refractivity contribution >= 4 is 45.5 Å². The van der Waals surface area contributed by atoms with E-state index in [4.69, 9.17) is 9.47 Å². The monoisotopic (exact) mass is 378 g/mol. The number of rotatable bonds is 5. The zero-order valence-corrected chi connectivity index (χ0v) is 13.5. The predicted octanol–water partition coefficient (Wildman–Crippen LogP) is 0.944. The molecule has 0 amide bonds. The summed E-state index contributed by atoms with van der Waals surface area (Å²) < 4.78 is 41.7. The summed E-state index contributed by atoms with van der Waals surface area (Å²) in [6.07, 6.45) is 0. The maximum atomic E-state index is 12.5. The van der Waals surface area contributed by atoms with E-state index >= 15 is 0 Å². The van der Waals surface area contributed by atoms with Crippen LogP contribution in [0.25, 0.3) is 0 Å². The van der Waals surface area contributed by atoms with Crippen molar-refractivity contribution in [2.75, 3.05) is 14.2 Å². The van der Waals surface area contributed by atoms with E-state index in [0.29, 0.717) is 5.75 Å². The second-order valence-corrected chi connectivity index (χ2v) is 6.10. The fourth-order valence-electron chi connectivity index (χ4n) is 2.07. The number of benzene rings is 2. The second kappa shape index (κ2) is 8.07. The molecule has 0 aromatic heterocycles. The number of hydrogen-bond donors (Lipinski definition) is 3. The molecule has 0 unspecified atom stereocenters. The first-order valence-corrected chi connectivity index (χ1v) is 7.93. The Morgan fingerprint density at radius 2 is 1.56 bits per heavy atom. The summed E-state index contributed by atoms with van der Waals surface area (Å²) in [4.78, 5) is 11.8. The molecule has 0 aliphatic rings. The average molecular weight is 378 g/mol. The minimum atomic E-state index is -4.69. The van der Waals surface area contributed by atoms with Crippen LogP contribution in [-0.4, -0.2) is 72.7 Å². The van der Waals surface area contributed by atoms with Gasteiger partial charge in [-0.1, -0.05) is 0 Å². The summed E-state index contributed by atoms with van der Waals surface area (Å²) in [5.41, 5.74) is -0.610. The van der Waals surface area contributed by atoms with Gasteiger partial charge < -0.3 is 19.7 Å². The normalized spacial score (nSPS) is 10.7. The summed E-state index contributed by atoms with van der Waals surface area (Å²) in [5, 5.41) is 19.9. The minimum absolute atomic E-state index is 0. The van der Waals surface area contributed by atoms with Crippen LogP contribution in [0.5, 0.6) is 23.0 Å². The molecular formula is C15H15NaO8S. The molecule has 0 aliphatic carbocycles. The molecule has 3 N–H and O–H groups in total. The van der Waals surface area contributed by atoms with E-state index in [1.54, 1.807) is 0 Å². The molecule has 2 rings (SSSR count). The van der Waals surface area contributed by atoms with Crippen LogP contribution in [0, 0.1) is 0 Å². The van der Waals surface area contributed by atoms with Crippen molar-refractivity contribution in [3.05, 3.63) is 41.5 Å². The Labute approximate surface area is 166 Å². The van der Waals surface area contributed by atoms with Gasteiger partial charge in [-0.25, -0.2) is 0 Å². The van der Waals surface area contributed by atoms with Gasteiger partial charge in [-0.3, -0.25) is 9.35 Å². The maximum absolute atomic E-state index is 12.5. The van der Waals surface area contributed by atoms with Gasteiger partial charge in [0.05, 0.1) is 25.3 Å². The van der Waals surface area contributed by atoms with Gasteiger partial charge in [0.1, 0.15) is 27.9 Å². The molecule has 0 bridgehead atoms. The fraction of sp³-hybridized carbons (Fsp3) is 0.133. The molecule has 2 aromatic rings.